The number of nitrogens with zero attached hydrogens (tertiary/aromatic N) is 1. The van der Waals surface area contributed by atoms with Crippen LogP contribution in [0.5, 0.6) is 0 Å². The quantitative estimate of drug-likeness (QED) is 0.802. The summed E-state index contributed by atoms with van der Waals surface area (Å²) in [7, 11) is -2.86. The molecule has 1 fully saturated rings. The van der Waals surface area contributed by atoms with Crippen molar-refractivity contribution in [3.05, 3.63) is 24.2 Å². The van der Waals surface area contributed by atoms with Crippen LogP contribution in [0.25, 0.3) is 0 Å². The number of sulfone groups is 1. The molecule has 4 nitrogen and oxygen atoms in total. The van der Waals surface area contributed by atoms with Gasteiger partial charge in [-0.1, -0.05) is 0 Å². The number of likely N-dealkylation sites (tertiary alicyclic amines) is 1. The molecule has 1 aromatic heterocycles. The summed E-state index contributed by atoms with van der Waals surface area (Å²) >= 11 is 0. The second kappa shape index (κ2) is 4.59. The molecule has 1 aromatic rings. The van der Waals surface area contributed by atoms with E-state index in [9.17, 15) is 8.42 Å². The minimum absolute atomic E-state index is 0.145. The fourth-order valence-electron chi connectivity index (χ4n) is 2.14. The average Bonchev–Trinajstić information content (AvgIpc) is 2.70. The van der Waals surface area contributed by atoms with Crippen molar-refractivity contribution in [1.29, 1.82) is 0 Å². The Morgan fingerprint density at radius 3 is 2.62 bits per heavy atom. The summed E-state index contributed by atoms with van der Waals surface area (Å²) < 4.78 is 27.8. The van der Waals surface area contributed by atoms with Crippen LogP contribution in [0.2, 0.25) is 0 Å². The van der Waals surface area contributed by atoms with Crippen molar-refractivity contribution in [2.45, 2.75) is 24.6 Å². The van der Waals surface area contributed by atoms with Gasteiger partial charge >= 0.3 is 0 Å². The number of piperidine rings is 1. The molecule has 2 heterocycles. The van der Waals surface area contributed by atoms with E-state index in [1.54, 1.807) is 12.5 Å². The molecule has 90 valence electrons. The number of furan rings is 1. The Labute approximate surface area is 96.2 Å². The van der Waals surface area contributed by atoms with Crippen molar-refractivity contribution in [2.24, 2.45) is 0 Å². The molecule has 1 aliphatic rings. The smallest absolute Gasteiger partial charge is 0.150 e. The minimum atomic E-state index is -2.86. The highest BCUT2D eigenvalue weighted by atomic mass is 32.2. The second-order valence-corrected chi connectivity index (χ2v) is 6.76. The fraction of sp³-hybridized carbons (Fsp3) is 0.636. The van der Waals surface area contributed by atoms with Crippen LogP contribution < -0.4 is 0 Å². The zero-order valence-electron chi connectivity index (χ0n) is 9.43. The van der Waals surface area contributed by atoms with Crippen LogP contribution in [0.3, 0.4) is 0 Å². The highest BCUT2D eigenvalue weighted by Crippen LogP contribution is 2.18. The van der Waals surface area contributed by atoms with Gasteiger partial charge in [0.1, 0.15) is 9.84 Å². The van der Waals surface area contributed by atoms with Gasteiger partial charge in [0.05, 0.1) is 17.8 Å². The van der Waals surface area contributed by atoms with E-state index in [1.165, 1.54) is 6.26 Å². The maximum absolute atomic E-state index is 11.4. The first-order chi connectivity index (χ1) is 7.55. The summed E-state index contributed by atoms with van der Waals surface area (Å²) in [5.74, 6) is 0. The normalized spacial score (nSPS) is 20.1. The van der Waals surface area contributed by atoms with Gasteiger partial charge in [0.25, 0.3) is 0 Å². The molecule has 2 rings (SSSR count). The maximum atomic E-state index is 11.4. The van der Waals surface area contributed by atoms with Crippen LogP contribution in [0.1, 0.15) is 18.4 Å². The lowest BCUT2D eigenvalue weighted by Crippen LogP contribution is -2.38. The number of rotatable bonds is 3. The second-order valence-electron chi connectivity index (χ2n) is 4.44. The van der Waals surface area contributed by atoms with Gasteiger partial charge in [-0.05, 0) is 32.0 Å². The lowest BCUT2D eigenvalue weighted by atomic mass is 10.1. The summed E-state index contributed by atoms with van der Waals surface area (Å²) in [6.45, 7) is 2.55. The highest BCUT2D eigenvalue weighted by molar-refractivity contribution is 7.91. The van der Waals surface area contributed by atoms with Crippen molar-refractivity contribution >= 4 is 9.84 Å². The highest BCUT2D eigenvalue weighted by Gasteiger charge is 2.26. The molecular weight excluding hydrogens is 226 g/mol. The van der Waals surface area contributed by atoms with Crippen molar-refractivity contribution in [1.82, 2.24) is 4.90 Å². The molecule has 0 bridgehead atoms. The van der Waals surface area contributed by atoms with Gasteiger partial charge in [0.2, 0.25) is 0 Å². The summed E-state index contributed by atoms with van der Waals surface area (Å²) in [5.41, 5.74) is 1.15. The van der Waals surface area contributed by atoms with Crippen LogP contribution in [0.15, 0.2) is 23.0 Å². The topological polar surface area (TPSA) is 50.5 Å². The predicted molar refractivity (Wildman–Crippen MR) is 61.9 cm³/mol. The minimum Gasteiger partial charge on any atom is -0.472 e. The molecule has 1 saturated heterocycles. The molecule has 0 unspecified atom stereocenters. The van der Waals surface area contributed by atoms with E-state index in [0.29, 0.717) is 0 Å². The maximum Gasteiger partial charge on any atom is 0.150 e. The van der Waals surface area contributed by atoms with E-state index in [1.807, 2.05) is 6.07 Å². The Morgan fingerprint density at radius 1 is 1.44 bits per heavy atom. The van der Waals surface area contributed by atoms with Gasteiger partial charge in [0.15, 0.2) is 0 Å². The first kappa shape index (κ1) is 11.7. The van der Waals surface area contributed by atoms with E-state index in [0.717, 1.165) is 38.0 Å². The van der Waals surface area contributed by atoms with Gasteiger partial charge in [0, 0.05) is 18.4 Å². The number of hydrogen-bond donors (Lipinski definition) is 0. The molecule has 0 N–H and O–H groups in total. The van der Waals surface area contributed by atoms with Crippen LogP contribution in [-0.2, 0) is 16.4 Å². The van der Waals surface area contributed by atoms with E-state index in [-0.39, 0.29) is 5.25 Å². The van der Waals surface area contributed by atoms with Gasteiger partial charge in [-0.15, -0.1) is 0 Å². The molecule has 0 spiro atoms. The van der Waals surface area contributed by atoms with E-state index in [2.05, 4.69) is 4.90 Å². The summed E-state index contributed by atoms with van der Waals surface area (Å²) in [6, 6.07) is 1.95. The molecule has 5 heteroatoms. The van der Waals surface area contributed by atoms with E-state index < -0.39 is 9.84 Å². The summed E-state index contributed by atoms with van der Waals surface area (Å²) in [6.07, 6.45) is 6.23. The van der Waals surface area contributed by atoms with Crippen molar-refractivity contribution in [3.8, 4) is 0 Å². The third kappa shape index (κ3) is 2.86. The van der Waals surface area contributed by atoms with E-state index in [4.69, 9.17) is 4.42 Å². The molecule has 0 saturated carbocycles. The van der Waals surface area contributed by atoms with Crippen LogP contribution >= 0.6 is 0 Å². The predicted octanol–water partition coefficient (Wildman–Crippen LogP) is 1.29. The van der Waals surface area contributed by atoms with Gasteiger partial charge < -0.3 is 4.42 Å². The molecule has 0 radical (unpaired) electrons. The largest absolute Gasteiger partial charge is 0.472 e. The lowest BCUT2D eigenvalue weighted by Gasteiger charge is -2.30. The molecule has 1 aliphatic heterocycles. The van der Waals surface area contributed by atoms with Gasteiger partial charge in [-0.25, -0.2) is 8.42 Å². The zero-order valence-corrected chi connectivity index (χ0v) is 10.2. The molecule has 0 amide bonds. The Kier molecular flexibility index (Phi) is 3.35. The third-order valence-electron chi connectivity index (χ3n) is 3.13. The lowest BCUT2D eigenvalue weighted by molar-refractivity contribution is 0.221. The molecular formula is C11H17NO3S. The zero-order chi connectivity index (χ0) is 11.6. The Hall–Kier alpha value is -0.810. The van der Waals surface area contributed by atoms with Crippen LogP contribution in [0, 0.1) is 0 Å². The first-order valence-corrected chi connectivity index (χ1v) is 7.43. The third-order valence-corrected chi connectivity index (χ3v) is 4.81. The van der Waals surface area contributed by atoms with Crippen LogP contribution in [-0.4, -0.2) is 37.9 Å². The van der Waals surface area contributed by atoms with Gasteiger partial charge in [-0.3, -0.25) is 4.90 Å². The Morgan fingerprint density at radius 2 is 2.12 bits per heavy atom. The van der Waals surface area contributed by atoms with E-state index >= 15 is 0 Å². The fourth-order valence-corrected chi connectivity index (χ4v) is 3.20. The molecule has 0 aromatic carbocycles. The van der Waals surface area contributed by atoms with Crippen LogP contribution in [0.4, 0.5) is 0 Å². The Bertz CT molecular complexity index is 416. The average molecular weight is 243 g/mol. The first-order valence-electron chi connectivity index (χ1n) is 5.48. The summed E-state index contributed by atoms with van der Waals surface area (Å²) in [5, 5.41) is -0.145. The standard InChI is InChI=1S/C11H17NO3S/c1-16(13,14)11-2-5-12(6-3-11)8-10-4-7-15-9-10/h4,7,9,11H,2-3,5-6,8H2,1H3. The SMILES string of the molecule is CS(=O)(=O)C1CCN(Cc2ccoc2)CC1. The number of hydrogen-bond acceptors (Lipinski definition) is 4. The molecule has 0 atom stereocenters. The van der Waals surface area contributed by atoms with Gasteiger partial charge in [-0.2, -0.15) is 0 Å². The van der Waals surface area contributed by atoms with Crippen molar-refractivity contribution in [2.75, 3.05) is 19.3 Å². The van der Waals surface area contributed by atoms with Crippen molar-refractivity contribution < 1.29 is 12.8 Å². The molecule has 0 aliphatic carbocycles. The van der Waals surface area contributed by atoms with Crippen molar-refractivity contribution in [3.63, 3.8) is 0 Å². The monoisotopic (exact) mass is 243 g/mol. The molecule has 16 heavy (non-hydrogen) atoms. The Balaban J connectivity index is 1.86. The summed E-state index contributed by atoms with van der Waals surface area (Å²) in [4.78, 5) is 2.27.